The predicted molar refractivity (Wildman–Crippen MR) is 170 cm³/mol. The molecule has 1 saturated heterocycles. The third-order valence-electron chi connectivity index (χ3n) is 7.18. The SMILES string of the molecule is C=CCCC(=O)NCCCNC(=O)c1ccc(N2CCN(c3ccccc3C)CC2)c(NC(=O)C/C=C(/C)OCC(F)(F)F)c1. The fourth-order valence-electron chi connectivity index (χ4n) is 4.79. The van der Waals surface area contributed by atoms with Crippen LogP contribution in [0.4, 0.5) is 30.2 Å². The lowest BCUT2D eigenvalue weighted by atomic mass is 10.1. The molecule has 3 N–H and O–H groups in total. The van der Waals surface area contributed by atoms with E-state index in [1.54, 1.807) is 24.3 Å². The van der Waals surface area contributed by atoms with E-state index >= 15 is 0 Å². The van der Waals surface area contributed by atoms with Crippen LogP contribution in [-0.4, -0.2) is 69.8 Å². The number of rotatable bonds is 15. The lowest BCUT2D eigenvalue weighted by Gasteiger charge is -2.38. The first-order valence-electron chi connectivity index (χ1n) is 15.0. The van der Waals surface area contributed by atoms with Gasteiger partial charge in [0.15, 0.2) is 6.61 Å². The van der Waals surface area contributed by atoms with Crippen molar-refractivity contribution < 1.29 is 32.3 Å². The lowest BCUT2D eigenvalue weighted by Crippen LogP contribution is -2.47. The van der Waals surface area contributed by atoms with Gasteiger partial charge in [-0.3, -0.25) is 14.4 Å². The van der Waals surface area contributed by atoms with Crippen LogP contribution in [0, 0.1) is 6.92 Å². The van der Waals surface area contributed by atoms with Crippen molar-refractivity contribution in [2.24, 2.45) is 0 Å². The fourth-order valence-corrected chi connectivity index (χ4v) is 4.79. The molecule has 9 nitrogen and oxygen atoms in total. The Morgan fingerprint density at radius 2 is 1.62 bits per heavy atom. The molecule has 3 amide bonds. The molecule has 0 unspecified atom stereocenters. The summed E-state index contributed by atoms with van der Waals surface area (Å²) in [7, 11) is 0. The highest BCUT2D eigenvalue weighted by molar-refractivity contribution is 6.00. The maximum atomic E-state index is 12.9. The minimum Gasteiger partial charge on any atom is -0.489 e. The van der Waals surface area contributed by atoms with Gasteiger partial charge < -0.3 is 30.5 Å². The Morgan fingerprint density at radius 3 is 2.29 bits per heavy atom. The van der Waals surface area contributed by atoms with E-state index in [9.17, 15) is 27.6 Å². The number of carbonyl (C=O) groups is 3. The minimum atomic E-state index is -4.48. The summed E-state index contributed by atoms with van der Waals surface area (Å²) in [5.41, 5.74) is 3.85. The largest absolute Gasteiger partial charge is 0.489 e. The van der Waals surface area contributed by atoms with Gasteiger partial charge in [-0.2, -0.15) is 13.2 Å². The van der Waals surface area contributed by atoms with E-state index in [0.717, 1.165) is 18.8 Å². The van der Waals surface area contributed by atoms with Crippen LogP contribution in [0.3, 0.4) is 0 Å². The summed E-state index contributed by atoms with van der Waals surface area (Å²) in [6.45, 7) is 9.20. The van der Waals surface area contributed by atoms with Gasteiger partial charge in [-0.1, -0.05) is 24.3 Å². The van der Waals surface area contributed by atoms with Gasteiger partial charge in [0.25, 0.3) is 5.91 Å². The number of para-hydroxylation sites is 1. The summed E-state index contributed by atoms with van der Waals surface area (Å²) >= 11 is 0. The van der Waals surface area contributed by atoms with Gasteiger partial charge in [0.05, 0.1) is 17.1 Å². The Hall–Kier alpha value is -4.48. The summed E-state index contributed by atoms with van der Waals surface area (Å²) in [6.07, 6.45) is -0.211. The van der Waals surface area contributed by atoms with E-state index in [0.29, 0.717) is 56.7 Å². The van der Waals surface area contributed by atoms with E-state index in [4.69, 9.17) is 0 Å². The lowest BCUT2D eigenvalue weighted by molar-refractivity contribution is -0.164. The molecule has 3 rings (SSSR count). The van der Waals surface area contributed by atoms with Crippen LogP contribution in [-0.2, 0) is 14.3 Å². The van der Waals surface area contributed by atoms with Gasteiger partial charge in [0.2, 0.25) is 11.8 Å². The molecule has 0 aliphatic carbocycles. The summed E-state index contributed by atoms with van der Waals surface area (Å²) in [6, 6.07) is 13.3. The van der Waals surface area contributed by atoms with E-state index < -0.39 is 18.7 Å². The monoisotopic (exact) mass is 629 g/mol. The number of hydrogen-bond donors (Lipinski definition) is 3. The fraction of sp³-hybridized carbons (Fsp3) is 0.424. The second-order valence-corrected chi connectivity index (χ2v) is 10.8. The number of nitrogens with zero attached hydrogens (tertiary/aromatic N) is 2. The normalized spacial score (nSPS) is 13.7. The van der Waals surface area contributed by atoms with Gasteiger partial charge in [0.1, 0.15) is 0 Å². The van der Waals surface area contributed by atoms with Crippen molar-refractivity contribution in [2.45, 2.75) is 45.7 Å². The summed E-state index contributed by atoms with van der Waals surface area (Å²) < 4.78 is 42.1. The van der Waals surface area contributed by atoms with Gasteiger partial charge in [-0.15, -0.1) is 6.58 Å². The number of benzene rings is 2. The second kappa shape index (κ2) is 17.1. The van der Waals surface area contributed by atoms with Crippen molar-refractivity contribution in [3.05, 3.63) is 78.1 Å². The molecule has 0 aromatic heterocycles. The van der Waals surface area contributed by atoms with Crippen molar-refractivity contribution in [2.75, 3.05) is 61.0 Å². The Balaban J connectivity index is 1.68. The molecule has 2 aromatic rings. The van der Waals surface area contributed by atoms with Crippen molar-refractivity contribution >= 4 is 34.8 Å². The number of aryl methyl sites for hydroxylation is 1. The van der Waals surface area contributed by atoms with Crippen LogP contribution in [0.5, 0.6) is 0 Å². The van der Waals surface area contributed by atoms with Crippen LogP contribution >= 0.6 is 0 Å². The number of amides is 3. The number of nitrogens with one attached hydrogen (secondary N) is 3. The van der Waals surface area contributed by atoms with Gasteiger partial charge >= 0.3 is 6.18 Å². The van der Waals surface area contributed by atoms with Crippen molar-refractivity contribution in [1.29, 1.82) is 0 Å². The molecule has 45 heavy (non-hydrogen) atoms. The first kappa shape index (κ1) is 35.0. The molecule has 244 valence electrons. The first-order valence-corrected chi connectivity index (χ1v) is 15.0. The highest BCUT2D eigenvalue weighted by Gasteiger charge is 2.28. The van der Waals surface area contributed by atoms with Crippen molar-refractivity contribution in [1.82, 2.24) is 10.6 Å². The summed E-state index contributed by atoms with van der Waals surface area (Å²) in [5.74, 6) is -0.890. The number of ether oxygens (including phenoxy) is 1. The highest BCUT2D eigenvalue weighted by Crippen LogP contribution is 2.30. The Bertz CT molecular complexity index is 1350. The number of piperazine rings is 1. The smallest absolute Gasteiger partial charge is 0.422 e. The van der Waals surface area contributed by atoms with Gasteiger partial charge in [-0.05, 0) is 62.6 Å². The Kier molecular flexibility index (Phi) is 13.3. The zero-order chi connectivity index (χ0) is 32.8. The maximum absolute atomic E-state index is 12.9. The molecule has 1 aliphatic rings. The molecule has 0 bridgehead atoms. The van der Waals surface area contributed by atoms with Crippen LogP contribution < -0.4 is 25.8 Å². The zero-order valence-electron chi connectivity index (χ0n) is 25.8. The molecule has 2 aromatic carbocycles. The molecule has 1 fully saturated rings. The second-order valence-electron chi connectivity index (χ2n) is 10.8. The quantitative estimate of drug-likeness (QED) is 0.140. The molecule has 12 heteroatoms. The van der Waals surface area contributed by atoms with Crippen LogP contribution in [0.25, 0.3) is 0 Å². The predicted octanol–water partition coefficient (Wildman–Crippen LogP) is 5.34. The number of alkyl halides is 3. The molecule has 1 aliphatic heterocycles. The van der Waals surface area contributed by atoms with Gasteiger partial charge in [-0.25, -0.2) is 0 Å². The first-order chi connectivity index (χ1) is 21.5. The van der Waals surface area contributed by atoms with E-state index in [-0.39, 0.29) is 24.0 Å². The molecule has 0 spiro atoms. The topological polar surface area (TPSA) is 103 Å². The van der Waals surface area contributed by atoms with Gasteiger partial charge in [0, 0.05) is 63.4 Å². The maximum Gasteiger partial charge on any atom is 0.422 e. The summed E-state index contributed by atoms with van der Waals surface area (Å²) in [5, 5.41) is 8.46. The third kappa shape index (κ3) is 11.8. The van der Waals surface area contributed by atoms with Crippen LogP contribution in [0.2, 0.25) is 0 Å². The molecular weight excluding hydrogens is 587 g/mol. The van der Waals surface area contributed by atoms with E-state index in [1.165, 1.54) is 24.3 Å². The summed E-state index contributed by atoms with van der Waals surface area (Å²) in [4.78, 5) is 42.0. The molecule has 0 radical (unpaired) electrons. The number of halogens is 3. The van der Waals surface area contributed by atoms with E-state index in [1.807, 2.05) is 12.1 Å². The molecule has 0 atom stereocenters. The van der Waals surface area contributed by atoms with Crippen molar-refractivity contribution in [3.8, 4) is 0 Å². The molecular formula is C33H42F3N5O4. The van der Waals surface area contributed by atoms with Crippen LogP contribution in [0.1, 0.15) is 48.5 Å². The number of allylic oxidation sites excluding steroid dienone is 2. The average Bonchev–Trinajstić information content (AvgIpc) is 3.01. The average molecular weight is 630 g/mol. The van der Waals surface area contributed by atoms with E-state index in [2.05, 4.69) is 56.1 Å². The Labute approximate surface area is 262 Å². The highest BCUT2D eigenvalue weighted by atomic mass is 19.4. The number of anilines is 3. The number of carbonyl (C=O) groups excluding carboxylic acids is 3. The number of hydrogen-bond acceptors (Lipinski definition) is 6. The van der Waals surface area contributed by atoms with Crippen molar-refractivity contribution in [3.63, 3.8) is 0 Å². The van der Waals surface area contributed by atoms with Crippen LogP contribution in [0.15, 0.2) is 67.0 Å². The molecule has 0 saturated carbocycles. The Morgan fingerprint density at radius 1 is 0.956 bits per heavy atom. The third-order valence-corrected chi connectivity index (χ3v) is 7.18. The minimum absolute atomic E-state index is 0.0138. The standard InChI is InChI=1S/C33H42F3N5O4/c1-4-5-11-30(42)37-16-8-17-38-32(44)26-13-14-29(41-20-18-40(19-21-41)28-10-7-6-9-24(28)2)27(22-26)39-31(43)15-12-25(3)45-23-33(34,35)36/h4,6-7,9-10,12-14,22H,1,5,8,11,15-21,23H2,2-3H3,(H,37,42)(H,38,44)(H,39,43)/b25-12-. The molecule has 1 heterocycles. The zero-order valence-corrected chi connectivity index (χ0v) is 25.8.